The highest BCUT2D eigenvalue weighted by Gasteiger charge is 2.12. The Balaban J connectivity index is 2.10. The van der Waals surface area contributed by atoms with E-state index < -0.39 is 0 Å². The van der Waals surface area contributed by atoms with E-state index in [2.05, 4.69) is 33.1 Å². The maximum atomic E-state index is 5.74. The van der Waals surface area contributed by atoms with Crippen molar-refractivity contribution >= 4 is 15.9 Å². The van der Waals surface area contributed by atoms with Crippen LogP contribution in [0.1, 0.15) is 25.2 Å². The smallest absolute Gasteiger partial charge is 0.157 e. The number of ether oxygens (including phenoxy) is 1. The van der Waals surface area contributed by atoms with E-state index in [1.165, 1.54) is 0 Å². The molecule has 2 rings (SSSR count). The van der Waals surface area contributed by atoms with Crippen molar-refractivity contribution in [3.8, 4) is 5.75 Å². The Labute approximate surface area is 115 Å². The van der Waals surface area contributed by atoms with Gasteiger partial charge in [-0.25, -0.2) is 0 Å². The number of aryl methyl sites for hydroxylation is 3. The SMILES string of the molecule is CCn1cc(OCc2c(Br)c(C)nn2CC)cn1. The van der Waals surface area contributed by atoms with Crippen LogP contribution in [0.3, 0.4) is 0 Å². The second-order valence-corrected chi connectivity index (χ2v) is 4.78. The summed E-state index contributed by atoms with van der Waals surface area (Å²) in [5.41, 5.74) is 2.04. The number of aromatic nitrogens is 4. The fourth-order valence-electron chi connectivity index (χ4n) is 1.75. The fraction of sp³-hybridized carbons (Fsp3) is 0.500. The zero-order valence-corrected chi connectivity index (χ0v) is 12.4. The van der Waals surface area contributed by atoms with Gasteiger partial charge in [0, 0.05) is 13.1 Å². The van der Waals surface area contributed by atoms with Crippen molar-refractivity contribution in [3.05, 3.63) is 28.3 Å². The molecule has 6 heteroatoms. The van der Waals surface area contributed by atoms with Gasteiger partial charge in [-0.05, 0) is 36.7 Å². The maximum Gasteiger partial charge on any atom is 0.157 e. The molecule has 0 aliphatic rings. The predicted octanol–water partition coefficient (Wildman–Crippen LogP) is 2.77. The zero-order chi connectivity index (χ0) is 13.1. The third kappa shape index (κ3) is 2.58. The minimum Gasteiger partial charge on any atom is -0.484 e. The molecule has 0 spiro atoms. The molecule has 0 aliphatic heterocycles. The third-order valence-corrected chi connectivity index (χ3v) is 3.79. The topological polar surface area (TPSA) is 44.9 Å². The summed E-state index contributed by atoms with van der Waals surface area (Å²) in [6.07, 6.45) is 3.63. The average molecular weight is 313 g/mol. The van der Waals surface area contributed by atoms with Crippen LogP contribution in [0.15, 0.2) is 16.9 Å². The largest absolute Gasteiger partial charge is 0.484 e. The molecule has 2 aromatic rings. The first-order valence-corrected chi connectivity index (χ1v) is 6.82. The van der Waals surface area contributed by atoms with Crippen LogP contribution in [0.5, 0.6) is 5.75 Å². The van der Waals surface area contributed by atoms with Gasteiger partial charge in [0.2, 0.25) is 0 Å². The lowest BCUT2D eigenvalue weighted by Crippen LogP contribution is -2.06. The standard InChI is InChI=1S/C12H17BrN4O/c1-4-16-7-10(6-14-16)18-8-11-12(13)9(3)15-17(11)5-2/h6-7H,4-5,8H2,1-3H3. The highest BCUT2D eigenvalue weighted by Crippen LogP contribution is 2.22. The first kappa shape index (κ1) is 13.1. The number of hydrogen-bond acceptors (Lipinski definition) is 3. The van der Waals surface area contributed by atoms with Crippen molar-refractivity contribution in [2.75, 3.05) is 0 Å². The van der Waals surface area contributed by atoms with Crippen LogP contribution in [0, 0.1) is 6.92 Å². The normalized spacial score (nSPS) is 10.9. The van der Waals surface area contributed by atoms with Gasteiger partial charge < -0.3 is 4.74 Å². The highest BCUT2D eigenvalue weighted by atomic mass is 79.9. The molecule has 5 nitrogen and oxygen atoms in total. The van der Waals surface area contributed by atoms with E-state index in [0.29, 0.717) is 6.61 Å². The van der Waals surface area contributed by atoms with Gasteiger partial charge in [-0.1, -0.05) is 0 Å². The Morgan fingerprint density at radius 3 is 2.72 bits per heavy atom. The second-order valence-electron chi connectivity index (χ2n) is 3.98. The van der Waals surface area contributed by atoms with E-state index in [9.17, 15) is 0 Å². The van der Waals surface area contributed by atoms with Crippen molar-refractivity contribution in [2.24, 2.45) is 0 Å². The van der Waals surface area contributed by atoms with E-state index >= 15 is 0 Å². The first-order valence-electron chi connectivity index (χ1n) is 6.02. The minimum absolute atomic E-state index is 0.491. The van der Waals surface area contributed by atoms with E-state index in [-0.39, 0.29) is 0 Å². The van der Waals surface area contributed by atoms with Gasteiger partial charge in [-0.3, -0.25) is 9.36 Å². The van der Waals surface area contributed by atoms with Crippen LogP contribution in [0.2, 0.25) is 0 Å². The van der Waals surface area contributed by atoms with E-state index in [0.717, 1.165) is 34.7 Å². The van der Waals surface area contributed by atoms with Crippen molar-refractivity contribution in [1.82, 2.24) is 19.6 Å². The molecule has 98 valence electrons. The lowest BCUT2D eigenvalue weighted by molar-refractivity contribution is 0.291. The van der Waals surface area contributed by atoms with Crippen LogP contribution in [-0.2, 0) is 19.7 Å². The Kier molecular flexibility index (Phi) is 4.06. The molecule has 0 fully saturated rings. The first-order chi connectivity index (χ1) is 8.65. The van der Waals surface area contributed by atoms with Gasteiger partial charge in [-0.2, -0.15) is 10.2 Å². The highest BCUT2D eigenvalue weighted by molar-refractivity contribution is 9.10. The summed E-state index contributed by atoms with van der Waals surface area (Å²) in [5.74, 6) is 0.783. The Morgan fingerprint density at radius 2 is 2.11 bits per heavy atom. The van der Waals surface area contributed by atoms with E-state index in [1.807, 2.05) is 29.4 Å². The zero-order valence-electron chi connectivity index (χ0n) is 10.9. The third-order valence-electron chi connectivity index (χ3n) is 2.76. The molecular weight excluding hydrogens is 296 g/mol. The van der Waals surface area contributed by atoms with Crippen LogP contribution in [0.25, 0.3) is 0 Å². The molecule has 2 heterocycles. The molecule has 0 atom stereocenters. The summed E-state index contributed by atoms with van der Waals surface area (Å²) in [6, 6.07) is 0. The molecular formula is C12H17BrN4O. The average Bonchev–Trinajstić information content (AvgIpc) is 2.94. The molecule has 0 saturated heterocycles. The maximum absolute atomic E-state index is 5.74. The van der Waals surface area contributed by atoms with Crippen molar-refractivity contribution in [3.63, 3.8) is 0 Å². The summed E-state index contributed by atoms with van der Waals surface area (Å²) in [7, 11) is 0. The Hall–Kier alpha value is -1.30. The van der Waals surface area contributed by atoms with Gasteiger partial charge >= 0.3 is 0 Å². The fourth-order valence-corrected chi connectivity index (χ4v) is 2.15. The summed E-state index contributed by atoms with van der Waals surface area (Å²) in [4.78, 5) is 0. The predicted molar refractivity (Wildman–Crippen MR) is 72.6 cm³/mol. The summed E-state index contributed by atoms with van der Waals surface area (Å²) in [5, 5.41) is 8.61. The van der Waals surface area contributed by atoms with E-state index in [4.69, 9.17) is 4.74 Å². The van der Waals surface area contributed by atoms with Gasteiger partial charge in [0.05, 0.1) is 28.3 Å². The van der Waals surface area contributed by atoms with Gasteiger partial charge in [-0.15, -0.1) is 0 Å². The van der Waals surface area contributed by atoms with Crippen molar-refractivity contribution in [2.45, 2.75) is 40.5 Å². The molecule has 18 heavy (non-hydrogen) atoms. The van der Waals surface area contributed by atoms with Gasteiger partial charge in [0.1, 0.15) is 6.61 Å². The number of hydrogen-bond donors (Lipinski definition) is 0. The number of rotatable bonds is 5. The summed E-state index contributed by atoms with van der Waals surface area (Å²) < 4.78 is 10.5. The van der Waals surface area contributed by atoms with E-state index in [1.54, 1.807) is 6.20 Å². The van der Waals surface area contributed by atoms with Crippen LogP contribution in [0.4, 0.5) is 0 Å². The van der Waals surface area contributed by atoms with Crippen LogP contribution >= 0.6 is 15.9 Å². The molecule has 0 amide bonds. The van der Waals surface area contributed by atoms with Crippen LogP contribution < -0.4 is 4.74 Å². The lowest BCUT2D eigenvalue weighted by atomic mass is 10.4. The molecule has 0 saturated carbocycles. The summed E-state index contributed by atoms with van der Waals surface area (Å²) in [6.45, 7) is 8.26. The molecule has 0 aromatic carbocycles. The lowest BCUT2D eigenvalue weighted by Gasteiger charge is -2.06. The molecule has 0 unspecified atom stereocenters. The Bertz CT molecular complexity index is 532. The monoisotopic (exact) mass is 312 g/mol. The quantitative estimate of drug-likeness (QED) is 0.852. The van der Waals surface area contributed by atoms with Crippen molar-refractivity contribution < 1.29 is 4.74 Å². The van der Waals surface area contributed by atoms with Gasteiger partial charge in [0.15, 0.2) is 5.75 Å². The number of halogens is 1. The molecule has 0 aliphatic carbocycles. The van der Waals surface area contributed by atoms with Gasteiger partial charge in [0.25, 0.3) is 0 Å². The molecule has 0 radical (unpaired) electrons. The molecule has 0 N–H and O–H groups in total. The number of nitrogens with zero attached hydrogens (tertiary/aromatic N) is 4. The molecule has 0 bridgehead atoms. The van der Waals surface area contributed by atoms with Crippen LogP contribution in [-0.4, -0.2) is 19.6 Å². The van der Waals surface area contributed by atoms with Crippen molar-refractivity contribution in [1.29, 1.82) is 0 Å². The second kappa shape index (κ2) is 5.56. The summed E-state index contributed by atoms with van der Waals surface area (Å²) >= 11 is 3.55. The molecule has 2 aromatic heterocycles. The minimum atomic E-state index is 0.491. The Morgan fingerprint density at radius 1 is 1.33 bits per heavy atom.